The van der Waals surface area contributed by atoms with Gasteiger partial charge in [0, 0.05) is 10.3 Å². The van der Waals surface area contributed by atoms with Gasteiger partial charge in [-0.15, -0.1) is 11.3 Å². The number of benzene rings is 2. The fraction of sp³-hybridized carbons (Fsp3) is 0.105. The largest absolute Gasteiger partial charge is 0.482 e. The summed E-state index contributed by atoms with van der Waals surface area (Å²) in [6.07, 6.45) is 0. The van der Waals surface area contributed by atoms with E-state index in [0.717, 1.165) is 10.1 Å². The molecule has 0 unspecified atom stereocenters. The van der Waals surface area contributed by atoms with Crippen molar-refractivity contribution in [2.24, 2.45) is 0 Å². The number of nitrogens with one attached hydrogen (secondary N) is 1. The number of esters is 1. The molecule has 1 aliphatic rings. The van der Waals surface area contributed by atoms with Gasteiger partial charge in [0.25, 0.3) is 5.91 Å². The monoisotopic (exact) mass is 367 g/mol. The molecule has 0 saturated heterocycles. The standard InChI is InChI=1S/C19H13NO5S/c21-14(11-5-6-15-13(7-11)20-18(22)10-24-15)9-25-19(23)17-8-12-3-1-2-4-16(12)26-17/h1-8H,9-10H2,(H,20,22). The average molecular weight is 367 g/mol. The van der Waals surface area contributed by atoms with Gasteiger partial charge in [-0.25, -0.2) is 4.79 Å². The first-order valence-electron chi connectivity index (χ1n) is 7.86. The number of thiophene rings is 1. The van der Waals surface area contributed by atoms with Crippen LogP contribution < -0.4 is 10.1 Å². The molecule has 26 heavy (non-hydrogen) atoms. The zero-order valence-electron chi connectivity index (χ0n) is 13.5. The normalized spacial score (nSPS) is 12.8. The number of carbonyl (C=O) groups is 3. The first kappa shape index (κ1) is 16.3. The molecule has 1 amide bonds. The van der Waals surface area contributed by atoms with Crippen molar-refractivity contribution in [3.8, 4) is 5.75 Å². The molecule has 130 valence electrons. The lowest BCUT2D eigenvalue weighted by molar-refractivity contribution is -0.118. The summed E-state index contributed by atoms with van der Waals surface area (Å²) in [4.78, 5) is 36.3. The highest BCUT2D eigenvalue weighted by Gasteiger charge is 2.19. The van der Waals surface area contributed by atoms with Gasteiger partial charge >= 0.3 is 5.97 Å². The molecule has 0 atom stereocenters. The molecule has 4 rings (SSSR count). The number of ketones is 1. The Morgan fingerprint density at radius 1 is 1.15 bits per heavy atom. The van der Waals surface area contributed by atoms with Gasteiger partial charge in [-0.2, -0.15) is 0 Å². The second-order valence-electron chi connectivity index (χ2n) is 5.70. The molecule has 1 N–H and O–H groups in total. The van der Waals surface area contributed by atoms with Crippen LogP contribution in [-0.2, 0) is 9.53 Å². The number of fused-ring (bicyclic) bond motifs is 2. The van der Waals surface area contributed by atoms with Crippen molar-refractivity contribution in [3.63, 3.8) is 0 Å². The Morgan fingerprint density at radius 2 is 2.00 bits per heavy atom. The summed E-state index contributed by atoms with van der Waals surface area (Å²) in [5.74, 6) is -0.669. The van der Waals surface area contributed by atoms with Crippen LogP contribution in [0.4, 0.5) is 5.69 Å². The van der Waals surface area contributed by atoms with Crippen LogP contribution in [0.15, 0.2) is 48.5 Å². The van der Waals surface area contributed by atoms with E-state index in [-0.39, 0.29) is 24.9 Å². The van der Waals surface area contributed by atoms with E-state index in [1.54, 1.807) is 18.2 Å². The Morgan fingerprint density at radius 3 is 2.85 bits per heavy atom. The minimum Gasteiger partial charge on any atom is -0.482 e. The number of carbonyl (C=O) groups excluding carboxylic acids is 3. The predicted octanol–water partition coefficient (Wildman–Crippen LogP) is 3.27. The van der Waals surface area contributed by atoms with Gasteiger partial charge in [0.1, 0.15) is 10.6 Å². The molecular weight excluding hydrogens is 354 g/mol. The Balaban J connectivity index is 1.44. The Kier molecular flexibility index (Phi) is 4.14. The SMILES string of the molecule is O=C1COc2ccc(C(=O)COC(=O)c3cc4ccccc4s3)cc2N1. The zero-order valence-corrected chi connectivity index (χ0v) is 14.3. The highest BCUT2D eigenvalue weighted by Crippen LogP contribution is 2.29. The molecule has 3 aromatic rings. The van der Waals surface area contributed by atoms with Crippen molar-refractivity contribution in [1.82, 2.24) is 0 Å². The number of ether oxygens (including phenoxy) is 2. The maximum absolute atomic E-state index is 12.3. The van der Waals surface area contributed by atoms with Gasteiger partial charge < -0.3 is 14.8 Å². The summed E-state index contributed by atoms with van der Waals surface area (Å²) in [5, 5.41) is 3.60. The smallest absolute Gasteiger partial charge is 0.348 e. The van der Waals surface area contributed by atoms with Crippen LogP contribution in [0.5, 0.6) is 5.75 Å². The maximum Gasteiger partial charge on any atom is 0.348 e. The van der Waals surface area contributed by atoms with Gasteiger partial charge in [-0.3, -0.25) is 9.59 Å². The summed E-state index contributed by atoms with van der Waals surface area (Å²) in [6, 6.07) is 14.1. The molecular formula is C19H13NO5S. The van der Waals surface area contributed by atoms with Crippen LogP contribution in [0.2, 0.25) is 0 Å². The fourth-order valence-electron chi connectivity index (χ4n) is 2.62. The van der Waals surface area contributed by atoms with E-state index in [1.807, 2.05) is 24.3 Å². The van der Waals surface area contributed by atoms with Crippen molar-refractivity contribution in [2.45, 2.75) is 0 Å². The molecule has 7 heteroatoms. The van der Waals surface area contributed by atoms with Crippen molar-refractivity contribution in [2.75, 3.05) is 18.5 Å². The van der Waals surface area contributed by atoms with E-state index in [4.69, 9.17) is 9.47 Å². The lowest BCUT2D eigenvalue weighted by Crippen LogP contribution is -2.25. The van der Waals surface area contributed by atoms with E-state index in [9.17, 15) is 14.4 Å². The van der Waals surface area contributed by atoms with Crippen LogP contribution in [-0.4, -0.2) is 30.9 Å². The van der Waals surface area contributed by atoms with Gasteiger partial charge in [0.05, 0.1) is 5.69 Å². The summed E-state index contributed by atoms with van der Waals surface area (Å²) in [5.41, 5.74) is 0.765. The van der Waals surface area contributed by atoms with Crippen molar-refractivity contribution in [1.29, 1.82) is 0 Å². The maximum atomic E-state index is 12.3. The lowest BCUT2D eigenvalue weighted by Gasteiger charge is -2.18. The topological polar surface area (TPSA) is 81.7 Å². The Labute approximate surface area is 152 Å². The van der Waals surface area contributed by atoms with Gasteiger partial charge in [-0.05, 0) is 35.7 Å². The molecule has 1 aliphatic heterocycles. The number of hydrogen-bond acceptors (Lipinski definition) is 6. The lowest BCUT2D eigenvalue weighted by atomic mass is 10.1. The van der Waals surface area contributed by atoms with Crippen LogP contribution in [0.1, 0.15) is 20.0 Å². The predicted molar refractivity (Wildman–Crippen MR) is 97.0 cm³/mol. The quantitative estimate of drug-likeness (QED) is 0.565. The third kappa shape index (κ3) is 3.16. The molecule has 0 spiro atoms. The summed E-state index contributed by atoms with van der Waals surface area (Å²) >= 11 is 1.32. The van der Waals surface area contributed by atoms with Crippen molar-refractivity contribution in [3.05, 3.63) is 59.0 Å². The number of rotatable bonds is 4. The zero-order chi connectivity index (χ0) is 18.1. The third-order valence-corrected chi connectivity index (χ3v) is 4.99. The Bertz CT molecular complexity index is 1010. The molecule has 0 radical (unpaired) electrons. The van der Waals surface area contributed by atoms with E-state index >= 15 is 0 Å². The third-order valence-electron chi connectivity index (χ3n) is 3.90. The van der Waals surface area contributed by atoms with Crippen LogP contribution in [0, 0.1) is 0 Å². The number of Topliss-reactive ketones (excluding diaryl/α,β-unsaturated/α-hetero) is 1. The van der Waals surface area contributed by atoms with E-state index in [2.05, 4.69) is 5.32 Å². The van der Waals surface area contributed by atoms with E-state index < -0.39 is 5.97 Å². The van der Waals surface area contributed by atoms with E-state index in [1.165, 1.54) is 17.4 Å². The molecule has 2 aromatic carbocycles. The van der Waals surface area contributed by atoms with Crippen LogP contribution in [0.25, 0.3) is 10.1 Å². The minimum atomic E-state index is -0.533. The molecule has 0 saturated carbocycles. The van der Waals surface area contributed by atoms with Crippen molar-refractivity contribution >= 4 is 44.8 Å². The average Bonchev–Trinajstić information content (AvgIpc) is 3.09. The first-order valence-corrected chi connectivity index (χ1v) is 8.67. The summed E-state index contributed by atoms with van der Waals surface area (Å²) in [7, 11) is 0. The number of anilines is 1. The molecule has 6 nitrogen and oxygen atoms in total. The highest BCUT2D eigenvalue weighted by atomic mass is 32.1. The summed E-state index contributed by atoms with van der Waals surface area (Å²) < 4.78 is 11.4. The molecule has 0 bridgehead atoms. The number of hydrogen-bond donors (Lipinski definition) is 1. The molecule has 2 heterocycles. The second-order valence-corrected chi connectivity index (χ2v) is 6.78. The van der Waals surface area contributed by atoms with Crippen molar-refractivity contribution < 1.29 is 23.9 Å². The van der Waals surface area contributed by atoms with Gasteiger partial charge in [0.15, 0.2) is 19.0 Å². The van der Waals surface area contributed by atoms with E-state index in [0.29, 0.717) is 21.9 Å². The van der Waals surface area contributed by atoms with Crippen LogP contribution in [0.3, 0.4) is 0 Å². The Hall–Kier alpha value is -3.19. The minimum absolute atomic E-state index is 0.0485. The van der Waals surface area contributed by atoms with Gasteiger partial charge in [-0.1, -0.05) is 18.2 Å². The summed E-state index contributed by atoms with van der Waals surface area (Å²) in [6.45, 7) is -0.423. The van der Waals surface area contributed by atoms with Gasteiger partial charge in [0.2, 0.25) is 0 Å². The molecule has 0 fully saturated rings. The first-order chi connectivity index (χ1) is 12.6. The van der Waals surface area contributed by atoms with Crippen LogP contribution >= 0.6 is 11.3 Å². The fourth-order valence-corrected chi connectivity index (χ4v) is 3.58. The second kappa shape index (κ2) is 6.61. The highest BCUT2D eigenvalue weighted by molar-refractivity contribution is 7.20. The molecule has 0 aliphatic carbocycles. The molecule has 1 aromatic heterocycles. The number of amides is 1.